The molecule has 2 aromatic carbocycles. The standard InChI is InChI=1S/C28H32O8/c1-16-7-9-17(10-8-16)21-13-19-14-28(26(29)34-5,27(30)35-6)15-20(19)24(36-21)18-11-22(31-2)25(33-4)23(12-18)32-3/h7-13,20-21,24H,14-15H2,1-6H3/t20-,21+,24-/m1/s1. The van der Waals surface area contributed by atoms with Crippen molar-refractivity contribution < 1.29 is 38.0 Å². The van der Waals surface area contributed by atoms with Gasteiger partial charge in [0.1, 0.15) is 6.10 Å². The minimum Gasteiger partial charge on any atom is -0.493 e. The quantitative estimate of drug-likeness (QED) is 0.314. The molecule has 2 aliphatic rings. The van der Waals surface area contributed by atoms with Gasteiger partial charge in [-0.3, -0.25) is 9.59 Å². The zero-order valence-electron chi connectivity index (χ0n) is 21.5. The monoisotopic (exact) mass is 496 g/mol. The molecule has 0 aromatic heterocycles. The van der Waals surface area contributed by atoms with Crippen LogP contribution in [0.4, 0.5) is 0 Å². The van der Waals surface area contributed by atoms with Gasteiger partial charge in [0.05, 0.1) is 41.7 Å². The second-order valence-corrected chi connectivity index (χ2v) is 9.14. The highest BCUT2D eigenvalue weighted by molar-refractivity contribution is 6.01. The normalized spacial score (nSPS) is 22.2. The lowest BCUT2D eigenvalue weighted by Crippen LogP contribution is -2.39. The van der Waals surface area contributed by atoms with E-state index in [1.807, 2.05) is 49.4 Å². The van der Waals surface area contributed by atoms with Gasteiger partial charge in [0.2, 0.25) is 5.75 Å². The van der Waals surface area contributed by atoms with Gasteiger partial charge in [-0.15, -0.1) is 0 Å². The van der Waals surface area contributed by atoms with Crippen molar-refractivity contribution in [2.45, 2.75) is 32.0 Å². The van der Waals surface area contributed by atoms with Crippen LogP contribution >= 0.6 is 0 Å². The van der Waals surface area contributed by atoms with Crippen LogP contribution in [0.5, 0.6) is 17.2 Å². The lowest BCUT2D eigenvalue weighted by Gasteiger charge is -2.35. The van der Waals surface area contributed by atoms with E-state index in [4.69, 9.17) is 28.4 Å². The summed E-state index contributed by atoms with van der Waals surface area (Å²) in [7, 11) is 7.22. The van der Waals surface area contributed by atoms with E-state index in [2.05, 4.69) is 0 Å². The van der Waals surface area contributed by atoms with E-state index < -0.39 is 23.5 Å². The van der Waals surface area contributed by atoms with Crippen LogP contribution in [0.2, 0.25) is 0 Å². The topological polar surface area (TPSA) is 89.5 Å². The molecular formula is C28H32O8. The number of ether oxygens (including phenoxy) is 6. The van der Waals surface area contributed by atoms with Gasteiger partial charge in [-0.05, 0) is 43.0 Å². The predicted octanol–water partition coefficient (Wildman–Crippen LogP) is 4.50. The number of fused-ring (bicyclic) bond motifs is 1. The number of hydrogen-bond acceptors (Lipinski definition) is 8. The van der Waals surface area contributed by atoms with Crippen LogP contribution in [0.3, 0.4) is 0 Å². The SMILES string of the molecule is COC(=O)C1(C(=O)OC)CC2=C[C@@H](c3ccc(C)cc3)O[C@H](c3cc(OC)c(OC)c(OC)c3)[C@@H]2C1. The second kappa shape index (κ2) is 10.2. The van der Waals surface area contributed by atoms with Gasteiger partial charge in [0.25, 0.3) is 0 Å². The summed E-state index contributed by atoms with van der Waals surface area (Å²) >= 11 is 0. The van der Waals surface area contributed by atoms with Crippen molar-refractivity contribution in [1.29, 1.82) is 0 Å². The summed E-state index contributed by atoms with van der Waals surface area (Å²) in [4.78, 5) is 25.9. The Morgan fingerprint density at radius 1 is 0.861 bits per heavy atom. The fourth-order valence-corrected chi connectivity index (χ4v) is 5.32. The van der Waals surface area contributed by atoms with Gasteiger partial charge >= 0.3 is 11.9 Å². The maximum atomic E-state index is 12.9. The Kier molecular flexibility index (Phi) is 7.26. The van der Waals surface area contributed by atoms with Crippen LogP contribution in [-0.4, -0.2) is 47.5 Å². The van der Waals surface area contributed by atoms with E-state index in [9.17, 15) is 9.59 Å². The Bertz CT molecular complexity index is 1130. The third kappa shape index (κ3) is 4.30. The van der Waals surface area contributed by atoms with Crippen LogP contribution in [0.25, 0.3) is 0 Å². The van der Waals surface area contributed by atoms with Crippen LogP contribution in [-0.2, 0) is 23.8 Å². The molecule has 1 saturated carbocycles. The first-order chi connectivity index (χ1) is 17.3. The molecule has 8 heteroatoms. The van der Waals surface area contributed by atoms with Crippen molar-refractivity contribution in [2.75, 3.05) is 35.5 Å². The summed E-state index contributed by atoms with van der Waals surface area (Å²) in [5.74, 6) is -0.0457. The molecule has 1 aliphatic heterocycles. The van der Waals surface area contributed by atoms with Crippen LogP contribution in [0.1, 0.15) is 41.7 Å². The van der Waals surface area contributed by atoms with E-state index in [1.165, 1.54) is 14.2 Å². The van der Waals surface area contributed by atoms with E-state index in [1.54, 1.807) is 21.3 Å². The van der Waals surface area contributed by atoms with Crippen molar-refractivity contribution in [3.05, 3.63) is 64.7 Å². The van der Waals surface area contributed by atoms with Crippen molar-refractivity contribution in [1.82, 2.24) is 0 Å². The largest absolute Gasteiger partial charge is 0.493 e. The molecule has 2 aromatic rings. The van der Waals surface area contributed by atoms with Crippen molar-refractivity contribution in [3.63, 3.8) is 0 Å². The first-order valence-electron chi connectivity index (χ1n) is 11.7. The molecule has 3 atom stereocenters. The van der Waals surface area contributed by atoms with Gasteiger partial charge < -0.3 is 28.4 Å². The molecule has 0 saturated heterocycles. The molecule has 1 aliphatic carbocycles. The lowest BCUT2D eigenvalue weighted by molar-refractivity contribution is -0.169. The molecule has 0 radical (unpaired) electrons. The number of aryl methyl sites for hydroxylation is 1. The number of esters is 2. The summed E-state index contributed by atoms with van der Waals surface area (Å²) in [6.45, 7) is 2.02. The van der Waals surface area contributed by atoms with E-state index >= 15 is 0 Å². The highest BCUT2D eigenvalue weighted by Crippen LogP contribution is 2.57. The van der Waals surface area contributed by atoms with Gasteiger partial charge in [-0.2, -0.15) is 0 Å². The summed E-state index contributed by atoms with van der Waals surface area (Å²) in [6, 6.07) is 11.8. The second-order valence-electron chi connectivity index (χ2n) is 9.14. The number of benzene rings is 2. The molecule has 1 heterocycles. The average molecular weight is 497 g/mol. The van der Waals surface area contributed by atoms with E-state index in [0.29, 0.717) is 17.2 Å². The minimum absolute atomic E-state index is 0.195. The van der Waals surface area contributed by atoms with E-state index in [0.717, 1.165) is 22.3 Å². The molecule has 0 N–H and O–H groups in total. The highest BCUT2D eigenvalue weighted by atomic mass is 16.5. The molecule has 0 unspecified atom stereocenters. The van der Waals surface area contributed by atoms with Gasteiger partial charge in [0, 0.05) is 5.92 Å². The molecule has 192 valence electrons. The van der Waals surface area contributed by atoms with Crippen molar-refractivity contribution in [3.8, 4) is 17.2 Å². The Balaban J connectivity index is 1.86. The highest BCUT2D eigenvalue weighted by Gasteiger charge is 2.58. The van der Waals surface area contributed by atoms with Crippen molar-refractivity contribution >= 4 is 11.9 Å². The number of rotatable bonds is 7. The maximum Gasteiger partial charge on any atom is 0.323 e. The first kappa shape index (κ1) is 25.6. The Morgan fingerprint density at radius 2 is 1.44 bits per heavy atom. The molecule has 0 spiro atoms. The predicted molar refractivity (Wildman–Crippen MR) is 131 cm³/mol. The van der Waals surface area contributed by atoms with Gasteiger partial charge in [0.15, 0.2) is 16.9 Å². The molecule has 0 bridgehead atoms. The third-order valence-corrected chi connectivity index (χ3v) is 7.15. The van der Waals surface area contributed by atoms with Gasteiger partial charge in [-0.1, -0.05) is 41.5 Å². The zero-order valence-corrected chi connectivity index (χ0v) is 21.5. The zero-order chi connectivity index (χ0) is 26.0. The summed E-state index contributed by atoms with van der Waals surface area (Å²) in [5, 5.41) is 0. The molecular weight excluding hydrogens is 464 g/mol. The summed E-state index contributed by atoms with van der Waals surface area (Å²) in [5.41, 5.74) is 2.39. The number of methoxy groups -OCH3 is 5. The Labute approximate surface area is 211 Å². The smallest absolute Gasteiger partial charge is 0.323 e. The summed E-state index contributed by atoms with van der Waals surface area (Å²) < 4.78 is 33.5. The molecule has 1 fully saturated rings. The Hall–Kier alpha value is -3.52. The fourth-order valence-electron chi connectivity index (χ4n) is 5.32. The first-order valence-corrected chi connectivity index (χ1v) is 11.7. The Morgan fingerprint density at radius 3 is 1.94 bits per heavy atom. The molecule has 8 nitrogen and oxygen atoms in total. The minimum atomic E-state index is -1.44. The van der Waals surface area contributed by atoms with Crippen LogP contribution < -0.4 is 14.2 Å². The molecule has 4 rings (SSSR count). The number of carbonyl (C=O) groups excluding carboxylic acids is 2. The lowest BCUT2D eigenvalue weighted by atomic mass is 9.83. The molecule has 36 heavy (non-hydrogen) atoms. The van der Waals surface area contributed by atoms with Crippen LogP contribution in [0, 0.1) is 18.3 Å². The molecule has 0 amide bonds. The van der Waals surface area contributed by atoms with E-state index in [-0.39, 0.29) is 24.9 Å². The van der Waals surface area contributed by atoms with Gasteiger partial charge in [-0.25, -0.2) is 0 Å². The fraction of sp³-hybridized carbons (Fsp3) is 0.429. The number of hydrogen-bond donors (Lipinski definition) is 0. The third-order valence-electron chi connectivity index (χ3n) is 7.15. The maximum absolute atomic E-state index is 12.9. The number of carbonyl (C=O) groups is 2. The average Bonchev–Trinajstić information content (AvgIpc) is 3.31. The summed E-state index contributed by atoms with van der Waals surface area (Å²) in [6.07, 6.45) is 1.52. The van der Waals surface area contributed by atoms with Crippen molar-refractivity contribution in [2.24, 2.45) is 11.3 Å². The van der Waals surface area contributed by atoms with Crippen LogP contribution in [0.15, 0.2) is 48.0 Å².